The van der Waals surface area contributed by atoms with Gasteiger partial charge in [-0.25, -0.2) is 18.6 Å². The van der Waals surface area contributed by atoms with Crippen molar-refractivity contribution in [1.29, 1.82) is 0 Å². The monoisotopic (exact) mass is 529 g/mol. The molecular formula is C22H25Cl2N3O6S. The summed E-state index contributed by atoms with van der Waals surface area (Å²) in [7, 11) is -3.83. The van der Waals surface area contributed by atoms with Crippen molar-refractivity contribution in [1.82, 2.24) is 5.43 Å². The second-order valence-electron chi connectivity index (χ2n) is 8.10. The summed E-state index contributed by atoms with van der Waals surface area (Å²) < 4.78 is 35.8. The Morgan fingerprint density at radius 3 is 2.35 bits per heavy atom. The highest BCUT2D eigenvalue weighted by molar-refractivity contribution is 7.92. The van der Waals surface area contributed by atoms with Crippen LogP contribution in [0, 0.1) is 0 Å². The number of nitrogens with zero attached hydrogens (tertiary/aromatic N) is 2. The molecule has 0 bridgehead atoms. The van der Waals surface area contributed by atoms with Crippen LogP contribution in [0.15, 0.2) is 47.6 Å². The smallest absolute Gasteiger partial charge is 0.344 e. The summed E-state index contributed by atoms with van der Waals surface area (Å²) in [5, 5.41) is 4.23. The van der Waals surface area contributed by atoms with Gasteiger partial charge in [-0.2, -0.15) is 5.10 Å². The van der Waals surface area contributed by atoms with E-state index in [1.165, 1.54) is 24.4 Å². The van der Waals surface area contributed by atoms with E-state index in [4.69, 9.17) is 32.7 Å². The predicted octanol–water partition coefficient (Wildman–Crippen LogP) is 3.63. The number of anilines is 1. The number of hydrogen-bond donors (Lipinski definition) is 1. The van der Waals surface area contributed by atoms with Crippen LogP contribution >= 0.6 is 23.2 Å². The first-order valence-corrected chi connectivity index (χ1v) is 12.5. The van der Waals surface area contributed by atoms with Crippen molar-refractivity contribution >= 4 is 57.0 Å². The fourth-order valence-electron chi connectivity index (χ4n) is 2.57. The number of benzene rings is 2. The highest BCUT2D eigenvalue weighted by Crippen LogP contribution is 2.30. The third-order valence-electron chi connectivity index (χ3n) is 3.92. The van der Waals surface area contributed by atoms with E-state index in [0.717, 1.165) is 10.6 Å². The summed E-state index contributed by atoms with van der Waals surface area (Å²) in [6.07, 6.45) is 2.32. The Labute approximate surface area is 208 Å². The van der Waals surface area contributed by atoms with Gasteiger partial charge in [-0.3, -0.25) is 9.10 Å². The molecule has 2 aromatic carbocycles. The molecule has 184 valence electrons. The number of esters is 1. The summed E-state index contributed by atoms with van der Waals surface area (Å²) in [5.41, 5.74) is 2.39. The van der Waals surface area contributed by atoms with E-state index in [0.29, 0.717) is 11.3 Å². The first-order chi connectivity index (χ1) is 15.7. The number of hydrazone groups is 1. The predicted molar refractivity (Wildman–Crippen MR) is 132 cm³/mol. The minimum atomic E-state index is -3.83. The zero-order valence-electron chi connectivity index (χ0n) is 19.0. The molecule has 0 saturated heterocycles. The summed E-state index contributed by atoms with van der Waals surface area (Å²) in [5.74, 6) is -0.715. The topological polar surface area (TPSA) is 114 Å². The molecule has 0 spiro atoms. The van der Waals surface area contributed by atoms with Crippen LogP contribution in [-0.2, 0) is 24.3 Å². The first-order valence-electron chi connectivity index (χ1n) is 9.94. The van der Waals surface area contributed by atoms with E-state index in [1.807, 2.05) is 0 Å². The van der Waals surface area contributed by atoms with Gasteiger partial charge in [0, 0.05) is 5.02 Å². The maximum atomic E-state index is 12.3. The first kappa shape index (κ1) is 27.4. The molecule has 0 saturated carbocycles. The third kappa shape index (κ3) is 9.20. The maximum absolute atomic E-state index is 12.3. The Morgan fingerprint density at radius 1 is 1.12 bits per heavy atom. The number of rotatable bonds is 9. The minimum absolute atomic E-state index is 0.0813. The molecule has 2 rings (SSSR count). The molecule has 0 aliphatic rings. The third-order valence-corrected chi connectivity index (χ3v) is 5.61. The summed E-state index contributed by atoms with van der Waals surface area (Å²) >= 11 is 12.0. The largest absolute Gasteiger partial charge is 0.482 e. The van der Waals surface area contributed by atoms with Crippen molar-refractivity contribution < 1.29 is 27.5 Å². The van der Waals surface area contributed by atoms with Crippen LogP contribution in [0.2, 0.25) is 10.0 Å². The van der Waals surface area contributed by atoms with Crippen LogP contribution in [0.1, 0.15) is 26.3 Å². The van der Waals surface area contributed by atoms with Gasteiger partial charge in [0.2, 0.25) is 10.0 Å². The molecule has 0 aliphatic carbocycles. The van der Waals surface area contributed by atoms with Crippen molar-refractivity contribution in [3.05, 3.63) is 58.1 Å². The van der Waals surface area contributed by atoms with Gasteiger partial charge in [0.1, 0.15) is 17.9 Å². The van der Waals surface area contributed by atoms with Gasteiger partial charge in [-0.15, -0.1) is 0 Å². The molecule has 34 heavy (non-hydrogen) atoms. The lowest BCUT2D eigenvalue weighted by atomic mass is 10.2. The minimum Gasteiger partial charge on any atom is -0.482 e. The van der Waals surface area contributed by atoms with Crippen LogP contribution in [0.25, 0.3) is 0 Å². The van der Waals surface area contributed by atoms with Crippen LogP contribution in [0.3, 0.4) is 0 Å². The highest BCUT2D eigenvalue weighted by Gasteiger charge is 2.23. The molecule has 0 radical (unpaired) electrons. The molecule has 0 aromatic heterocycles. The van der Waals surface area contributed by atoms with Crippen molar-refractivity contribution in [3.63, 3.8) is 0 Å². The van der Waals surface area contributed by atoms with Gasteiger partial charge in [0.15, 0.2) is 6.61 Å². The fourth-order valence-corrected chi connectivity index (χ4v) is 3.86. The zero-order chi connectivity index (χ0) is 25.5. The number of amides is 1. The van der Waals surface area contributed by atoms with Crippen molar-refractivity contribution in [2.75, 3.05) is 23.7 Å². The lowest BCUT2D eigenvalue weighted by Crippen LogP contribution is -2.39. The molecule has 12 heteroatoms. The Bertz CT molecular complexity index is 1160. The van der Waals surface area contributed by atoms with E-state index in [9.17, 15) is 18.0 Å². The van der Waals surface area contributed by atoms with Crippen LogP contribution in [0.4, 0.5) is 5.69 Å². The van der Waals surface area contributed by atoms with E-state index in [1.54, 1.807) is 45.0 Å². The van der Waals surface area contributed by atoms with Crippen LogP contribution in [-0.4, -0.2) is 51.5 Å². The Kier molecular flexibility index (Phi) is 9.31. The molecule has 0 unspecified atom stereocenters. The molecule has 2 aromatic rings. The second-order valence-corrected chi connectivity index (χ2v) is 10.9. The quantitative estimate of drug-likeness (QED) is 0.301. The Morgan fingerprint density at radius 2 is 1.76 bits per heavy atom. The average molecular weight is 530 g/mol. The van der Waals surface area contributed by atoms with Gasteiger partial charge >= 0.3 is 5.97 Å². The Hall–Kier alpha value is -2.82. The van der Waals surface area contributed by atoms with Gasteiger partial charge in [0.25, 0.3) is 5.91 Å². The standard InChI is InChI=1S/C22H25Cl2N3O6S/c1-22(2,3)33-21(29)14-32-17-8-5-15(6-9-17)12-25-26-20(28)13-27(34(4,30)31)19-11-16(23)7-10-18(19)24/h5-12H,13-14H2,1-4H3,(H,26,28)/b25-12-. The van der Waals surface area contributed by atoms with Gasteiger partial charge in [-0.05, 0) is 68.8 Å². The number of carbonyl (C=O) groups is 2. The number of hydrogen-bond acceptors (Lipinski definition) is 7. The van der Waals surface area contributed by atoms with Crippen LogP contribution < -0.4 is 14.5 Å². The summed E-state index contributed by atoms with van der Waals surface area (Å²) in [6, 6.07) is 10.9. The molecule has 0 heterocycles. The van der Waals surface area contributed by atoms with Crippen molar-refractivity contribution in [2.45, 2.75) is 26.4 Å². The molecular weight excluding hydrogens is 505 g/mol. The fraction of sp³-hybridized carbons (Fsp3) is 0.318. The normalized spacial score (nSPS) is 11.8. The number of sulfonamides is 1. The molecule has 0 fully saturated rings. The van der Waals surface area contributed by atoms with E-state index < -0.39 is 34.0 Å². The van der Waals surface area contributed by atoms with Crippen molar-refractivity contribution in [3.8, 4) is 5.75 Å². The number of carbonyl (C=O) groups excluding carboxylic acids is 2. The molecule has 0 aliphatic heterocycles. The highest BCUT2D eigenvalue weighted by atomic mass is 35.5. The molecule has 1 amide bonds. The SMILES string of the molecule is CC(C)(C)OC(=O)COc1ccc(/C=N\NC(=O)CN(c2cc(Cl)ccc2Cl)S(C)(=O)=O)cc1. The molecule has 1 N–H and O–H groups in total. The van der Waals surface area contributed by atoms with Gasteiger partial charge in [0.05, 0.1) is 23.2 Å². The molecule has 0 atom stereocenters. The second kappa shape index (κ2) is 11.5. The number of ether oxygens (including phenoxy) is 2. The zero-order valence-corrected chi connectivity index (χ0v) is 21.4. The summed E-state index contributed by atoms with van der Waals surface area (Å²) in [4.78, 5) is 24.0. The van der Waals surface area contributed by atoms with Gasteiger partial charge in [-0.1, -0.05) is 23.2 Å². The molecule has 9 nitrogen and oxygen atoms in total. The average Bonchev–Trinajstić information content (AvgIpc) is 2.71. The van der Waals surface area contributed by atoms with E-state index >= 15 is 0 Å². The van der Waals surface area contributed by atoms with Gasteiger partial charge < -0.3 is 9.47 Å². The lowest BCUT2D eigenvalue weighted by Gasteiger charge is -2.22. The number of nitrogens with one attached hydrogen (secondary N) is 1. The Balaban J connectivity index is 1.94. The maximum Gasteiger partial charge on any atom is 0.344 e. The van der Waals surface area contributed by atoms with Crippen molar-refractivity contribution in [2.24, 2.45) is 5.10 Å². The summed E-state index contributed by atoms with van der Waals surface area (Å²) in [6.45, 7) is 4.52. The lowest BCUT2D eigenvalue weighted by molar-refractivity contribution is -0.157. The number of halogens is 2. The van der Waals surface area contributed by atoms with E-state index in [-0.39, 0.29) is 22.3 Å². The van der Waals surface area contributed by atoms with E-state index in [2.05, 4.69) is 10.5 Å². The van der Waals surface area contributed by atoms with Crippen LogP contribution in [0.5, 0.6) is 5.75 Å².